The van der Waals surface area contributed by atoms with Crippen molar-refractivity contribution in [3.05, 3.63) is 82.3 Å². The third-order valence-electron chi connectivity index (χ3n) is 3.81. The molecule has 0 saturated carbocycles. The molecule has 8 nitrogen and oxygen atoms in total. The van der Waals surface area contributed by atoms with Crippen molar-refractivity contribution in [3.8, 4) is 5.75 Å². The summed E-state index contributed by atoms with van der Waals surface area (Å²) in [5.74, 6) is -0.108. The summed E-state index contributed by atoms with van der Waals surface area (Å²) in [6.45, 7) is 0.133. The summed E-state index contributed by atoms with van der Waals surface area (Å²) >= 11 is 1.09. The monoisotopic (exact) mass is 425 g/mol. The van der Waals surface area contributed by atoms with E-state index in [0.717, 1.165) is 11.8 Å². The maximum atomic E-state index is 12.2. The van der Waals surface area contributed by atoms with Crippen LogP contribution in [0.5, 0.6) is 5.75 Å². The molecule has 0 aliphatic heterocycles. The molecule has 0 unspecified atom stereocenters. The molecule has 0 atom stereocenters. The number of ether oxygens (including phenoxy) is 2. The number of carbonyl (C=O) groups is 2. The van der Waals surface area contributed by atoms with Crippen LogP contribution >= 0.6 is 11.8 Å². The number of amides is 1. The Morgan fingerprint density at radius 2 is 1.90 bits per heavy atom. The summed E-state index contributed by atoms with van der Waals surface area (Å²) in [5.41, 5.74) is 0.927. The second-order valence-electron chi connectivity index (χ2n) is 6.05. The molecule has 0 bridgehead atoms. The number of aromatic amines is 1. The van der Waals surface area contributed by atoms with E-state index in [9.17, 15) is 14.4 Å². The number of thioether (sulfide) groups is 1. The van der Waals surface area contributed by atoms with E-state index in [2.05, 4.69) is 20.0 Å². The SMILES string of the molecule is COC(=O)c1cccc(NC(=O)CSc2nc(COc3ccccc3)cc(=O)[nH]2)c1. The quantitative estimate of drug-likeness (QED) is 0.324. The first-order valence-electron chi connectivity index (χ1n) is 8.92. The average Bonchev–Trinajstić information content (AvgIpc) is 2.76. The molecule has 1 heterocycles. The molecular formula is C21H19N3O5S. The molecule has 0 aliphatic carbocycles. The second-order valence-corrected chi connectivity index (χ2v) is 7.02. The Balaban J connectivity index is 1.57. The third-order valence-corrected chi connectivity index (χ3v) is 4.68. The molecule has 1 aromatic heterocycles. The predicted octanol–water partition coefficient (Wildman–Crippen LogP) is 2.87. The van der Waals surface area contributed by atoms with Gasteiger partial charge in [-0.1, -0.05) is 36.0 Å². The first-order valence-corrected chi connectivity index (χ1v) is 9.91. The summed E-state index contributed by atoms with van der Waals surface area (Å²) in [6, 6.07) is 17.0. The Hall–Kier alpha value is -3.59. The van der Waals surface area contributed by atoms with Crippen molar-refractivity contribution in [3.63, 3.8) is 0 Å². The van der Waals surface area contributed by atoms with Gasteiger partial charge in [0, 0.05) is 11.8 Å². The Morgan fingerprint density at radius 1 is 1.10 bits per heavy atom. The van der Waals surface area contributed by atoms with Crippen molar-refractivity contribution in [2.75, 3.05) is 18.2 Å². The van der Waals surface area contributed by atoms with Crippen LogP contribution in [0.15, 0.2) is 70.6 Å². The van der Waals surface area contributed by atoms with Gasteiger partial charge in [-0.2, -0.15) is 0 Å². The van der Waals surface area contributed by atoms with E-state index in [1.807, 2.05) is 30.3 Å². The fraction of sp³-hybridized carbons (Fsp3) is 0.143. The van der Waals surface area contributed by atoms with Crippen LogP contribution in [0.2, 0.25) is 0 Å². The molecule has 1 amide bonds. The number of nitrogens with one attached hydrogen (secondary N) is 2. The van der Waals surface area contributed by atoms with E-state index >= 15 is 0 Å². The van der Waals surface area contributed by atoms with Crippen LogP contribution < -0.4 is 15.6 Å². The molecule has 2 aromatic carbocycles. The van der Waals surface area contributed by atoms with Gasteiger partial charge in [0.05, 0.1) is 24.1 Å². The summed E-state index contributed by atoms with van der Waals surface area (Å²) < 4.78 is 10.3. The van der Waals surface area contributed by atoms with Crippen LogP contribution in [-0.4, -0.2) is 34.7 Å². The molecule has 0 saturated heterocycles. The normalized spacial score (nSPS) is 10.3. The van der Waals surface area contributed by atoms with E-state index in [1.54, 1.807) is 18.2 Å². The second kappa shape index (κ2) is 10.3. The van der Waals surface area contributed by atoms with Crippen LogP contribution in [0.1, 0.15) is 16.1 Å². The zero-order valence-corrected chi connectivity index (χ0v) is 16.9. The molecule has 30 heavy (non-hydrogen) atoms. The van der Waals surface area contributed by atoms with Crippen molar-refractivity contribution < 1.29 is 19.1 Å². The highest BCUT2D eigenvalue weighted by Gasteiger charge is 2.10. The van der Waals surface area contributed by atoms with Crippen molar-refractivity contribution in [2.45, 2.75) is 11.8 Å². The molecule has 3 rings (SSSR count). The fourth-order valence-corrected chi connectivity index (χ4v) is 3.17. The van der Waals surface area contributed by atoms with Gasteiger partial charge in [0.15, 0.2) is 5.16 Å². The van der Waals surface area contributed by atoms with Crippen LogP contribution in [0.3, 0.4) is 0 Å². The van der Waals surface area contributed by atoms with Crippen molar-refractivity contribution >= 4 is 29.3 Å². The topological polar surface area (TPSA) is 110 Å². The smallest absolute Gasteiger partial charge is 0.337 e. The largest absolute Gasteiger partial charge is 0.487 e. The number of anilines is 1. The van der Waals surface area contributed by atoms with E-state index in [0.29, 0.717) is 27.9 Å². The molecular weight excluding hydrogens is 406 g/mol. The minimum absolute atomic E-state index is 0.0222. The fourth-order valence-electron chi connectivity index (χ4n) is 2.47. The van der Waals surface area contributed by atoms with Crippen molar-refractivity contribution in [2.24, 2.45) is 0 Å². The molecule has 0 radical (unpaired) electrons. The van der Waals surface area contributed by atoms with E-state index in [1.165, 1.54) is 19.2 Å². The van der Waals surface area contributed by atoms with Crippen molar-refractivity contribution in [1.29, 1.82) is 0 Å². The lowest BCUT2D eigenvalue weighted by Gasteiger charge is -2.08. The van der Waals surface area contributed by atoms with Gasteiger partial charge in [0.2, 0.25) is 5.91 Å². The number of esters is 1. The lowest BCUT2D eigenvalue weighted by Crippen LogP contribution is -2.16. The van der Waals surface area contributed by atoms with Gasteiger partial charge in [0.1, 0.15) is 12.4 Å². The number of nitrogens with zero attached hydrogens (tertiary/aromatic N) is 1. The number of methoxy groups -OCH3 is 1. The maximum absolute atomic E-state index is 12.2. The van der Waals surface area contributed by atoms with Gasteiger partial charge >= 0.3 is 5.97 Å². The minimum Gasteiger partial charge on any atom is -0.487 e. The average molecular weight is 425 g/mol. The first kappa shape index (κ1) is 21.1. The zero-order chi connectivity index (χ0) is 21.3. The molecule has 0 aliphatic rings. The molecule has 3 aromatic rings. The van der Waals surface area contributed by atoms with Gasteiger partial charge in [-0.25, -0.2) is 9.78 Å². The van der Waals surface area contributed by atoms with Crippen LogP contribution in [-0.2, 0) is 16.1 Å². The van der Waals surface area contributed by atoms with E-state index in [-0.39, 0.29) is 23.8 Å². The summed E-state index contributed by atoms with van der Waals surface area (Å²) in [6.07, 6.45) is 0. The highest BCUT2D eigenvalue weighted by atomic mass is 32.2. The standard InChI is InChI=1S/C21H19N3O5S/c1-28-20(27)14-6-5-7-15(10-14)22-19(26)13-30-21-23-16(11-18(25)24-21)12-29-17-8-3-2-4-9-17/h2-11H,12-13H2,1H3,(H,22,26)(H,23,24,25). The van der Waals surface area contributed by atoms with Gasteiger partial charge in [-0.15, -0.1) is 0 Å². The Morgan fingerprint density at radius 3 is 2.67 bits per heavy atom. The number of hydrogen-bond acceptors (Lipinski definition) is 7. The Bertz CT molecular complexity index is 1090. The third kappa shape index (κ3) is 6.21. The molecule has 154 valence electrons. The lowest BCUT2D eigenvalue weighted by molar-refractivity contribution is -0.113. The van der Waals surface area contributed by atoms with Gasteiger partial charge in [-0.3, -0.25) is 9.59 Å². The number of aromatic nitrogens is 2. The summed E-state index contributed by atoms with van der Waals surface area (Å²) in [5, 5.41) is 3.01. The van der Waals surface area contributed by atoms with Gasteiger partial charge in [-0.05, 0) is 30.3 Å². The van der Waals surface area contributed by atoms with Gasteiger partial charge in [0.25, 0.3) is 5.56 Å². The number of benzene rings is 2. The number of H-pyrrole nitrogens is 1. The molecule has 0 fully saturated rings. The zero-order valence-electron chi connectivity index (χ0n) is 16.1. The van der Waals surface area contributed by atoms with E-state index in [4.69, 9.17) is 4.74 Å². The Kier molecular flexibility index (Phi) is 7.23. The Labute approximate surface area is 176 Å². The van der Waals surface area contributed by atoms with Crippen molar-refractivity contribution in [1.82, 2.24) is 9.97 Å². The highest BCUT2D eigenvalue weighted by Crippen LogP contribution is 2.16. The summed E-state index contributed by atoms with van der Waals surface area (Å²) in [7, 11) is 1.29. The van der Waals surface area contributed by atoms with Crippen LogP contribution in [0, 0.1) is 0 Å². The highest BCUT2D eigenvalue weighted by molar-refractivity contribution is 7.99. The summed E-state index contributed by atoms with van der Waals surface area (Å²) in [4.78, 5) is 42.6. The maximum Gasteiger partial charge on any atom is 0.337 e. The van der Waals surface area contributed by atoms with Crippen LogP contribution in [0.4, 0.5) is 5.69 Å². The first-order chi connectivity index (χ1) is 14.5. The number of rotatable bonds is 8. The minimum atomic E-state index is -0.489. The lowest BCUT2D eigenvalue weighted by atomic mass is 10.2. The molecule has 9 heteroatoms. The molecule has 0 spiro atoms. The number of hydrogen-bond donors (Lipinski definition) is 2. The number of para-hydroxylation sites is 1. The predicted molar refractivity (Wildman–Crippen MR) is 113 cm³/mol. The van der Waals surface area contributed by atoms with E-state index < -0.39 is 5.97 Å². The van der Waals surface area contributed by atoms with Gasteiger partial charge < -0.3 is 19.8 Å². The number of carbonyl (C=O) groups excluding carboxylic acids is 2. The molecule has 2 N–H and O–H groups in total. The van der Waals surface area contributed by atoms with Crippen LogP contribution in [0.25, 0.3) is 0 Å².